The topological polar surface area (TPSA) is 32.3 Å². The van der Waals surface area contributed by atoms with Gasteiger partial charge in [0.25, 0.3) is 0 Å². The molecule has 2 aromatic rings. The largest absolute Gasteiger partial charge is 0.416 e. The lowest BCUT2D eigenvalue weighted by molar-refractivity contribution is -0.137. The van der Waals surface area contributed by atoms with Crippen LogP contribution < -0.4 is 5.32 Å². The van der Waals surface area contributed by atoms with Gasteiger partial charge in [0.15, 0.2) is 0 Å². The summed E-state index contributed by atoms with van der Waals surface area (Å²) in [5.41, 5.74) is -0.367. The van der Waals surface area contributed by atoms with Crippen LogP contribution in [0.25, 0.3) is 0 Å². The third-order valence-corrected chi connectivity index (χ3v) is 3.53. The maximum absolute atomic E-state index is 12.5. The Kier molecular flexibility index (Phi) is 4.11. The highest BCUT2D eigenvalue weighted by atomic mass is 32.1. The van der Waals surface area contributed by atoms with Gasteiger partial charge in [-0.2, -0.15) is 13.2 Å². The summed E-state index contributed by atoms with van der Waals surface area (Å²) in [5.74, 6) is 0. The Balaban J connectivity index is 2.00. The number of hydrogen-bond donors (Lipinski definition) is 2. The Hall–Kier alpha value is -1.53. The predicted molar refractivity (Wildman–Crippen MR) is 69.2 cm³/mol. The van der Waals surface area contributed by atoms with Crippen LogP contribution in [0.2, 0.25) is 0 Å². The second kappa shape index (κ2) is 5.63. The average Bonchev–Trinajstić information content (AvgIpc) is 2.89. The van der Waals surface area contributed by atoms with E-state index >= 15 is 0 Å². The number of hydrogen-bond acceptors (Lipinski definition) is 3. The van der Waals surface area contributed by atoms with Crippen molar-refractivity contribution >= 4 is 17.0 Å². The smallest absolute Gasteiger partial charge is 0.386 e. The van der Waals surface area contributed by atoms with E-state index in [1.807, 2.05) is 11.4 Å². The SMILES string of the molecule is OC(CNc1cccc(C(F)(F)F)c1)c1cccs1. The van der Waals surface area contributed by atoms with Crippen LogP contribution in [0.5, 0.6) is 0 Å². The first kappa shape index (κ1) is 13.9. The molecule has 1 atom stereocenters. The second-order valence-corrected chi connectivity index (χ2v) is 4.97. The van der Waals surface area contributed by atoms with E-state index in [-0.39, 0.29) is 6.54 Å². The minimum absolute atomic E-state index is 0.168. The zero-order valence-electron chi connectivity index (χ0n) is 9.82. The standard InChI is InChI=1S/C13H12F3NOS/c14-13(15,16)9-3-1-4-10(7-9)17-8-11(18)12-5-2-6-19-12/h1-7,11,17-18H,8H2. The van der Waals surface area contributed by atoms with Crippen molar-refractivity contribution in [1.29, 1.82) is 0 Å². The highest BCUT2D eigenvalue weighted by Gasteiger charge is 2.30. The lowest BCUT2D eigenvalue weighted by atomic mass is 10.2. The maximum atomic E-state index is 12.5. The Morgan fingerprint density at radius 2 is 2.00 bits per heavy atom. The molecule has 0 aliphatic rings. The molecule has 0 bridgehead atoms. The van der Waals surface area contributed by atoms with Crippen LogP contribution >= 0.6 is 11.3 Å². The Morgan fingerprint density at radius 3 is 2.63 bits per heavy atom. The molecule has 0 saturated carbocycles. The van der Waals surface area contributed by atoms with Crippen molar-refractivity contribution in [3.05, 3.63) is 52.2 Å². The highest BCUT2D eigenvalue weighted by Crippen LogP contribution is 2.30. The van der Waals surface area contributed by atoms with E-state index in [0.29, 0.717) is 5.69 Å². The number of aliphatic hydroxyl groups is 1. The average molecular weight is 287 g/mol. The first-order valence-electron chi connectivity index (χ1n) is 5.59. The van der Waals surface area contributed by atoms with Gasteiger partial charge in [-0.05, 0) is 29.6 Å². The second-order valence-electron chi connectivity index (χ2n) is 3.99. The summed E-state index contributed by atoms with van der Waals surface area (Å²) in [4.78, 5) is 0.777. The van der Waals surface area contributed by atoms with Crippen molar-refractivity contribution in [2.45, 2.75) is 12.3 Å². The Morgan fingerprint density at radius 1 is 1.21 bits per heavy atom. The van der Waals surface area contributed by atoms with Crippen LogP contribution in [-0.4, -0.2) is 11.7 Å². The predicted octanol–water partition coefficient (Wildman–Crippen LogP) is 3.91. The molecule has 0 aliphatic heterocycles. The van der Waals surface area contributed by atoms with Gasteiger partial charge in [0.2, 0.25) is 0 Å². The molecule has 1 aromatic heterocycles. The molecule has 0 aliphatic carbocycles. The number of anilines is 1. The zero-order valence-corrected chi connectivity index (χ0v) is 10.6. The minimum Gasteiger partial charge on any atom is -0.386 e. The number of alkyl halides is 3. The lowest BCUT2D eigenvalue weighted by Crippen LogP contribution is -2.12. The van der Waals surface area contributed by atoms with Crippen LogP contribution in [-0.2, 0) is 6.18 Å². The van der Waals surface area contributed by atoms with Crippen molar-refractivity contribution < 1.29 is 18.3 Å². The highest BCUT2D eigenvalue weighted by molar-refractivity contribution is 7.10. The van der Waals surface area contributed by atoms with Crippen LogP contribution in [0, 0.1) is 0 Å². The van der Waals surface area contributed by atoms with Crippen LogP contribution in [0.4, 0.5) is 18.9 Å². The normalized spacial score (nSPS) is 13.3. The summed E-state index contributed by atoms with van der Waals surface area (Å²) < 4.78 is 37.5. The van der Waals surface area contributed by atoms with Crippen LogP contribution in [0.1, 0.15) is 16.5 Å². The molecule has 0 saturated heterocycles. The molecule has 0 fully saturated rings. The molecule has 2 N–H and O–H groups in total. The quantitative estimate of drug-likeness (QED) is 0.893. The van der Waals surface area contributed by atoms with Gasteiger partial charge in [-0.15, -0.1) is 11.3 Å². The fraction of sp³-hybridized carbons (Fsp3) is 0.231. The first-order valence-corrected chi connectivity index (χ1v) is 6.47. The molecule has 0 radical (unpaired) electrons. The minimum atomic E-state index is -4.36. The van der Waals surface area contributed by atoms with E-state index in [1.54, 1.807) is 6.07 Å². The van der Waals surface area contributed by atoms with E-state index in [1.165, 1.54) is 23.5 Å². The van der Waals surface area contributed by atoms with E-state index in [4.69, 9.17) is 0 Å². The number of benzene rings is 1. The molecule has 19 heavy (non-hydrogen) atoms. The summed E-state index contributed by atoms with van der Waals surface area (Å²) in [6.45, 7) is 0.168. The van der Waals surface area contributed by atoms with E-state index < -0.39 is 17.8 Å². The van der Waals surface area contributed by atoms with Crippen molar-refractivity contribution in [3.63, 3.8) is 0 Å². The summed E-state index contributed by atoms with van der Waals surface area (Å²) in [5, 5.41) is 14.5. The van der Waals surface area contributed by atoms with E-state index in [2.05, 4.69) is 5.32 Å². The molecular weight excluding hydrogens is 275 g/mol. The zero-order chi connectivity index (χ0) is 13.9. The molecule has 1 aromatic carbocycles. The van der Waals surface area contributed by atoms with Gasteiger partial charge in [0.05, 0.1) is 5.56 Å². The Bertz CT molecular complexity index is 525. The van der Waals surface area contributed by atoms with Gasteiger partial charge >= 0.3 is 6.18 Å². The fourth-order valence-corrected chi connectivity index (χ4v) is 2.31. The van der Waals surface area contributed by atoms with Crippen LogP contribution in [0.3, 0.4) is 0 Å². The number of halogens is 3. The maximum Gasteiger partial charge on any atom is 0.416 e. The number of rotatable bonds is 4. The van der Waals surface area contributed by atoms with Gasteiger partial charge in [-0.3, -0.25) is 0 Å². The van der Waals surface area contributed by atoms with Gasteiger partial charge in [-0.25, -0.2) is 0 Å². The van der Waals surface area contributed by atoms with Crippen molar-refractivity contribution in [1.82, 2.24) is 0 Å². The third-order valence-electron chi connectivity index (χ3n) is 2.56. The van der Waals surface area contributed by atoms with E-state index in [0.717, 1.165) is 17.0 Å². The van der Waals surface area contributed by atoms with Crippen molar-refractivity contribution in [2.24, 2.45) is 0 Å². The fourth-order valence-electron chi connectivity index (χ4n) is 1.60. The number of nitrogens with one attached hydrogen (secondary N) is 1. The third kappa shape index (κ3) is 3.71. The first-order chi connectivity index (χ1) is 8.97. The molecule has 1 heterocycles. The summed E-state index contributed by atoms with van der Waals surface area (Å²) in [6, 6.07) is 8.51. The lowest BCUT2D eigenvalue weighted by Gasteiger charge is -2.13. The molecule has 6 heteroatoms. The summed E-state index contributed by atoms with van der Waals surface area (Å²) in [7, 11) is 0. The summed E-state index contributed by atoms with van der Waals surface area (Å²) >= 11 is 1.40. The molecule has 102 valence electrons. The molecule has 2 rings (SSSR count). The molecule has 1 unspecified atom stereocenters. The van der Waals surface area contributed by atoms with Gasteiger partial charge < -0.3 is 10.4 Å². The van der Waals surface area contributed by atoms with Gasteiger partial charge in [0, 0.05) is 17.1 Å². The van der Waals surface area contributed by atoms with Crippen LogP contribution in [0.15, 0.2) is 41.8 Å². The van der Waals surface area contributed by atoms with Gasteiger partial charge in [0.1, 0.15) is 6.10 Å². The van der Waals surface area contributed by atoms with Gasteiger partial charge in [-0.1, -0.05) is 12.1 Å². The monoisotopic (exact) mass is 287 g/mol. The molecule has 0 amide bonds. The van der Waals surface area contributed by atoms with Crippen molar-refractivity contribution in [3.8, 4) is 0 Å². The number of aliphatic hydroxyl groups excluding tert-OH is 1. The van der Waals surface area contributed by atoms with Crippen molar-refractivity contribution in [2.75, 3.05) is 11.9 Å². The van der Waals surface area contributed by atoms with E-state index in [9.17, 15) is 18.3 Å². The molecule has 2 nitrogen and oxygen atoms in total. The summed E-state index contributed by atoms with van der Waals surface area (Å²) in [6.07, 6.45) is -5.08. The Labute approximate surface area is 112 Å². The molecular formula is C13H12F3NOS. The molecule has 0 spiro atoms. The number of thiophene rings is 1.